The quantitative estimate of drug-likeness (QED) is 0.408. The van der Waals surface area contributed by atoms with E-state index in [0.717, 1.165) is 35.3 Å². The molecule has 5 atom stereocenters. The molecule has 0 saturated carbocycles. The molecule has 0 radical (unpaired) electrons. The third kappa shape index (κ3) is 7.22. The van der Waals surface area contributed by atoms with Crippen molar-refractivity contribution in [3.05, 3.63) is 70.8 Å². The topological polar surface area (TPSA) is 86.3 Å². The molecule has 2 amide bonds. The van der Waals surface area contributed by atoms with Gasteiger partial charge in [-0.25, -0.2) is 4.79 Å². The number of aliphatic hydroxyl groups excluding tert-OH is 1. The predicted molar refractivity (Wildman–Crippen MR) is 156 cm³/mol. The van der Waals surface area contributed by atoms with Gasteiger partial charge in [-0.15, -0.1) is 0 Å². The summed E-state index contributed by atoms with van der Waals surface area (Å²) in [7, 11) is 0. The second-order valence-corrected chi connectivity index (χ2v) is 11.6. The van der Waals surface area contributed by atoms with E-state index in [1.807, 2.05) is 43.3 Å². The molecule has 0 bridgehead atoms. The van der Waals surface area contributed by atoms with E-state index in [2.05, 4.69) is 39.5 Å². The van der Waals surface area contributed by atoms with Crippen molar-refractivity contribution in [1.29, 1.82) is 0 Å². The SMILES string of the molecule is CCNC(=O)NCc1ccc([C@@H]2O[C@H](CN3CCC[C@H]3CN3CCCC3)[C@H](C)[C@H](c3ccc(CO)cc3)O2)cc1. The molecule has 40 heavy (non-hydrogen) atoms. The van der Waals surface area contributed by atoms with Gasteiger partial charge in [0, 0.05) is 43.7 Å². The first-order valence-corrected chi connectivity index (χ1v) is 15.1. The van der Waals surface area contributed by atoms with Crippen LogP contribution in [0.1, 0.15) is 74.2 Å². The number of ether oxygens (including phenoxy) is 2. The maximum atomic E-state index is 11.8. The van der Waals surface area contributed by atoms with Crippen LogP contribution in [0.25, 0.3) is 0 Å². The van der Waals surface area contributed by atoms with Crippen LogP contribution in [0.3, 0.4) is 0 Å². The van der Waals surface area contributed by atoms with Gasteiger partial charge in [-0.3, -0.25) is 4.90 Å². The van der Waals surface area contributed by atoms with E-state index < -0.39 is 6.29 Å². The highest BCUT2D eigenvalue weighted by molar-refractivity contribution is 5.73. The van der Waals surface area contributed by atoms with Gasteiger partial charge in [0.25, 0.3) is 0 Å². The first-order chi connectivity index (χ1) is 19.5. The fourth-order valence-corrected chi connectivity index (χ4v) is 6.36. The fraction of sp³-hybridized carbons (Fsp3) is 0.594. The Kier molecular flexibility index (Phi) is 10.1. The van der Waals surface area contributed by atoms with E-state index in [1.54, 1.807) is 0 Å². The summed E-state index contributed by atoms with van der Waals surface area (Å²) in [6.07, 6.45) is 4.59. The summed E-state index contributed by atoms with van der Waals surface area (Å²) in [5.41, 5.74) is 4.01. The summed E-state index contributed by atoms with van der Waals surface area (Å²) in [6, 6.07) is 16.7. The average molecular weight is 551 g/mol. The van der Waals surface area contributed by atoms with Crippen LogP contribution in [-0.2, 0) is 22.6 Å². The highest BCUT2D eigenvalue weighted by Gasteiger charge is 2.40. The number of aliphatic hydroxyl groups is 1. The molecule has 3 fully saturated rings. The lowest BCUT2D eigenvalue weighted by atomic mass is 9.90. The van der Waals surface area contributed by atoms with Gasteiger partial charge in [-0.2, -0.15) is 0 Å². The fourth-order valence-electron chi connectivity index (χ4n) is 6.36. The second-order valence-electron chi connectivity index (χ2n) is 11.6. The van der Waals surface area contributed by atoms with Crippen molar-refractivity contribution in [3.8, 4) is 0 Å². The van der Waals surface area contributed by atoms with Gasteiger partial charge >= 0.3 is 6.03 Å². The van der Waals surface area contributed by atoms with Crippen LogP contribution in [0.5, 0.6) is 0 Å². The molecule has 3 saturated heterocycles. The number of amides is 2. The Morgan fingerprint density at radius 2 is 1.60 bits per heavy atom. The molecule has 0 aromatic heterocycles. The van der Waals surface area contributed by atoms with Crippen LogP contribution >= 0.6 is 0 Å². The molecular formula is C32H46N4O4. The Labute approximate surface area is 239 Å². The molecule has 3 heterocycles. The maximum absolute atomic E-state index is 11.8. The van der Waals surface area contributed by atoms with Gasteiger partial charge in [0.1, 0.15) is 0 Å². The number of nitrogens with zero attached hydrogens (tertiary/aromatic N) is 2. The number of rotatable bonds is 10. The lowest BCUT2D eigenvalue weighted by Gasteiger charge is -2.43. The van der Waals surface area contributed by atoms with Crippen molar-refractivity contribution in [2.75, 3.05) is 39.3 Å². The third-order valence-corrected chi connectivity index (χ3v) is 8.75. The normalized spacial score (nSPS) is 27.6. The molecule has 0 spiro atoms. The molecule has 8 heteroatoms. The van der Waals surface area contributed by atoms with Crippen LogP contribution in [0.2, 0.25) is 0 Å². The van der Waals surface area contributed by atoms with Crippen LogP contribution in [0.4, 0.5) is 4.79 Å². The molecular weight excluding hydrogens is 504 g/mol. The molecule has 3 aliphatic heterocycles. The third-order valence-electron chi connectivity index (χ3n) is 8.75. The van der Waals surface area contributed by atoms with E-state index in [9.17, 15) is 9.90 Å². The van der Waals surface area contributed by atoms with E-state index in [4.69, 9.17) is 9.47 Å². The Morgan fingerprint density at radius 3 is 2.30 bits per heavy atom. The number of benzene rings is 2. The Bertz CT molecular complexity index is 1070. The van der Waals surface area contributed by atoms with Crippen molar-refractivity contribution in [2.45, 2.75) is 77.2 Å². The monoisotopic (exact) mass is 550 g/mol. The smallest absolute Gasteiger partial charge is 0.315 e. The minimum atomic E-state index is -0.478. The Balaban J connectivity index is 1.31. The van der Waals surface area contributed by atoms with Crippen molar-refractivity contribution >= 4 is 6.03 Å². The summed E-state index contributed by atoms with van der Waals surface area (Å²) >= 11 is 0. The zero-order chi connectivity index (χ0) is 27.9. The predicted octanol–water partition coefficient (Wildman–Crippen LogP) is 4.35. The number of urea groups is 1. The Hall–Kier alpha value is -2.49. The summed E-state index contributed by atoms with van der Waals surface area (Å²) in [4.78, 5) is 17.1. The highest BCUT2D eigenvalue weighted by Crippen LogP contribution is 2.42. The lowest BCUT2D eigenvalue weighted by molar-refractivity contribution is -0.276. The van der Waals surface area contributed by atoms with Gasteiger partial charge in [-0.1, -0.05) is 55.5 Å². The second kappa shape index (κ2) is 13.9. The summed E-state index contributed by atoms with van der Waals surface area (Å²) in [6.45, 7) is 10.9. The number of carbonyl (C=O) groups excluding carboxylic acids is 1. The number of likely N-dealkylation sites (tertiary alicyclic amines) is 2. The Morgan fingerprint density at radius 1 is 0.900 bits per heavy atom. The van der Waals surface area contributed by atoms with Crippen molar-refractivity contribution in [3.63, 3.8) is 0 Å². The van der Waals surface area contributed by atoms with Crippen LogP contribution in [-0.4, -0.2) is 72.4 Å². The van der Waals surface area contributed by atoms with E-state index in [-0.39, 0.29) is 30.8 Å². The number of hydrogen-bond donors (Lipinski definition) is 3. The highest BCUT2D eigenvalue weighted by atomic mass is 16.7. The van der Waals surface area contributed by atoms with Gasteiger partial charge in [0.2, 0.25) is 0 Å². The zero-order valence-electron chi connectivity index (χ0n) is 24.1. The minimum absolute atomic E-state index is 0.0273. The van der Waals surface area contributed by atoms with Crippen molar-refractivity contribution < 1.29 is 19.4 Å². The van der Waals surface area contributed by atoms with Crippen LogP contribution in [0, 0.1) is 5.92 Å². The van der Waals surface area contributed by atoms with Gasteiger partial charge in [-0.05, 0) is 68.9 Å². The average Bonchev–Trinajstić information content (AvgIpc) is 3.66. The van der Waals surface area contributed by atoms with Gasteiger partial charge in [0.15, 0.2) is 6.29 Å². The summed E-state index contributed by atoms with van der Waals surface area (Å²) in [5, 5.41) is 15.2. The number of carbonyl (C=O) groups is 1. The van der Waals surface area contributed by atoms with Crippen molar-refractivity contribution in [2.24, 2.45) is 5.92 Å². The molecule has 8 nitrogen and oxygen atoms in total. The standard InChI is InChI=1S/C32H46N4O4/c1-3-33-32(38)34-19-24-8-14-27(15-9-24)31-39-29(21-36-18-6-7-28(36)20-35-16-4-5-17-35)23(2)30(40-31)26-12-10-25(22-37)11-13-26/h8-15,23,28-31,37H,3-7,16-22H2,1-2H3,(H2,33,34,38)/t23-,28-,29+,30+,31+/m0/s1. The summed E-state index contributed by atoms with van der Waals surface area (Å²) < 4.78 is 13.4. The van der Waals surface area contributed by atoms with Gasteiger partial charge in [0.05, 0.1) is 18.8 Å². The molecule has 0 unspecified atom stereocenters. The molecule has 218 valence electrons. The van der Waals surface area contributed by atoms with Crippen LogP contribution < -0.4 is 10.6 Å². The summed E-state index contributed by atoms with van der Waals surface area (Å²) in [5.74, 6) is 0.171. The lowest BCUT2D eigenvalue weighted by Crippen LogP contribution is -2.48. The van der Waals surface area contributed by atoms with Crippen molar-refractivity contribution in [1.82, 2.24) is 20.4 Å². The minimum Gasteiger partial charge on any atom is -0.392 e. The van der Waals surface area contributed by atoms with E-state index >= 15 is 0 Å². The van der Waals surface area contributed by atoms with E-state index in [0.29, 0.717) is 19.1 Å². The number of nitrogens with one attached hydrogen (secondary N) is 2. The van der Waals surface area contributed by atoms with Crippen LogP contribution in [0.15, 0.2) is 48.5 Å². The number of hydrogen-bond acceptors (Lipinski definition) is 6. The van der Waals surface area contributed by atoms with E-state index in [1.165, 1.54) is 45.3 Å². The molecule has 2 aromatic carbocycles. The molecule has 2 aromatic rings. The molecule has 5 rings (SSSR count). The molecule has 0 aliphatic carbocycles. The van der Waals surface area contributed by atoms with Gasteiger partial charge < -0.3 is 30.1 Å². The maximum Gasteiger partial charge on any atom is 0.315 e. The first kappa shape index (κ1) is 29.0. The first-order valence-electron chi connectivity index (χ1n) is 15.1. The largest absolute Gasteiger partial charge is 0.392 e. The zero-order valence-corrected chi connectivity index (χ0v) is 24.1. The molecule has 3 N–H and O–H groups in total. The molecule has 3 aliphatic rings.